The third-order valence-electron chi connectivity index (χ3n) is 3.89. The monoisotopic (exact) mass is 276 g/mol. The second kappa shape index (κ2) is 7.41. The smallest absolute Gasteiger partial charge is 0.304 e. The second-order valence-electron chi connectivity index (χ2n) is 5.58. The first-order valence-electron chi connectivity index (χ1n) is 7.37. The zero-order valence-electron chi connectivity index (χ0n) is 12.1. The van der Waals surface area contributed by atoms with E-state index >= 15 is 0 Å². The Labute approximate surface area is 120 Å². The van der Waals surface area contributed by atoms with Gasteiger partial charge in [0.1, 0.15) is 0 Å². The lowest BCUT2D eigenvalue weighted by molar-refractivity contribution is -0.138. The van der Waals surface area contributed by atoms with Crippen LogP contribution >= 0.6 is 0 Å². The molecule has 1 atom stereocenters. The molecular formula is C16H24N2O2. The van der Waals surface area contributed by atoms with Crippen LogP contribution in [0.4, 0.5) is 0 Å². The molecule has 0 saturated carbocycles. The van der Waals surface area contributed by atoms with Crippen molar-refractivity contribution in [3.63, 3.8) is 0 Å². The van der Waals surface area contributed by atoms with Crippen molar-refractivity contribution in [2.75, 3.05) is 26.2 Å². The van der Waals surface area contributed by atoms with Crippen LogP contribution in [0.1, 0.15) is 24.0 Å². The summed E-state index contributed by atoms with van der Waals surface area (Å²) in [5.41, 5.74) is 2.46. The molecule has 2 N–H and O–H groups in total. The molecule has 0 radical (unpaired) electrons. The fraction of sp³-hybridized carbons (Fsp3) is 0.562. The highest BCUT2D eigenvalue weighted by Crippen LogP contribution is 2.14. The Morgan fingerprint density at radius 3 is 2.75 bits per heavy atom. The first-order valence-corrected chi connectivity index (χ1v) is 7.37. The van der Waals surface area contributed by atoms with E-state index in [-0.39, 0.29) is 12.5 Å². The third kappa shape index (κ3) is 4.62. The van der Waals surface area contributed by atoms with Gasteiger partial charge in [0.2, 0.25) is 0 Å². The molecule has 0 amide bonds. The van der Waals surface area contributed by atoms with E-state index in [0.29, 0.717) is 0 Å². The minimum absolute atomic E-state index is 0.0927. The molecule has 20 heavy (non-hydrogen) atoms. The predicted molar refractivity (Wildman–Crippen MR) is 80.0 cm³/mol. The van der Waals surface area contributed by atoms with E-state index in [1.165, 1.54) is 11.1 Å². The van der Waals surface area contributed by atoms with Crippen molar-refractivity contribution in [2.45, 2.75) is 32.2 Å². The van der Waals surface area contributed by atoms with E-state index in [0.717, 1.165) is 39.0 Å². The van der Waals surface area contributed by atoms with E-state index in [1.54, 1.807) is 0 Å². The number of aryl methyl sites for hydroxylation is 1. The molecule has 0 aromatic heterocycles. The average molecular weight is 276 g/mol. The topological polar surface area (TPSA) is 52.6 Å². The second-order valence-corrected chi connectivity index (χ2v) is 5.58. The Morgan fingerprint density at radius 2 is 2.05 bits per heavy atom. The fourth-order valence-corrected chi connectivity index (χ4v) is 2.76. The van der Waals surface area contributed by atoms with Gasteiger partial charge in [0, 0.05) is 19.1 Å². The zero-order valence-corrected chi connectivity index (χ0v) is 12.1. The Hall–Kier alpha value is -1.39. The molecule has 0 spiro atoms. The minimum atomic E-state index is -0.709. The number of nitrogens with one attached hydrogen (secondary N) is 1. The number of aliphatic carboxylic acids is 1. The van der Waals surface area contributed by atoms with Gasteiger partial charge >= 0.3 is 5.97 Å². The molecule has 4 nitrogen and oxygen atoms in total. The standard InChI is InChI=1S/C16H24N2O2/c1-13-3-5-14(6-4-13)11-15(12-16(19)20)18-9-2-7-17-8-10-18/h3-6,15,17H,2,7-12H2,1H3,(H,19,20). The molecule has 110 valence electrons. The number of carboxylic acids is 1. The molecule has 1 heterocycles. The maximum Gasteiger partial charge on any atom is 0.304 e. The Bertz CT molecular complexity index is 423. The molecular weight excluding hydrogens is 252 g/mol. The highest BCUT2D eigenvalue weighted by Gasteiger charge is 2.22. The average Bonchev–Trinajstić information content (AvgIpc) is 2.69. The van der Waals surface area contributed by atoms with Crippen LogP contribution in [0.5, 0.6) is 0 Å². The summed E-state index contributed by atoms with van der Waals surface area (Å²) in [5.74, 6) is -0.709. The van der Waals surface area contributed by atoms with Crippen LogP contribution in [0, 0.1) is 6.92 Å². The Kier molecular flexibility index (Phi) is 5.56. The lowest BCUT2D eigenvalue weighted by Crippen LogP contribution is -2.40. The fourth-order valence-electron chi connectivity index (χ4n) is 2.76. The van der Waals surface area contributed by atoms with Gasteiger partial charge in [-0.15, -0.1) is 0 Å². The highest BCUT2D eigenvalue weighted by molar-refractivity contribution is 5.67. The van der Waals surface area contributed by atoms with Gasteiger partial charge in [0.05, 0.1) is 6.42 Å². The molecule has 0 bridgehead atoms. The molecule has 1 aliphatic rings. The van der Waals surface area contributed by atoms with E-state index in [1.807, 2.05) is 0 Å². The number of carboxylic acid groups (broad SMARTS) is 1. The first-order chi connectivity index (χ1) is 9.65. The van der Waals surface area contributed by atoms with Gasteiger partial charge in [-0.25, -0.2) is 0 Å². The number of hydrogen-bond acceptors (Lipinski definition) is 3. The lowest BCUT2D eigenvalue weighted by Gasteiger charge is -2.29. The van der Waals surface area contributed by atoms with Gasteiger partial charge in [-0.3, -0.25) is 9.69 Å². The largest absolute Gasteiger partial charge is 0.481 e. The first kappa shape index (κ1) is 15.0. The summed E-state index contributed by atoms with van der Waals surface area (Å²) in [6, 6.07) is 8.50. The molecule has 0 aliphatic carbocycles. The van der Waals surface area contributed by atoms with Gasteiger partial charge in [-0.2, -0.15) is 0 Å². The van der Waals surface area contributed by atoms with E-state index in [2.05, 4.69) is 41.4 Å². The van der Waals surface area contributed by atoms with Gasteiger partial charge in [-0.1, -0.05) is 29.8 Å². The number of rotatable bonds is 5. The van der Waals surface area contributed by atoms with Crippen LogP contribution in [0.2, 0.25) is 0 Å². The maximum absolute atomic E-state index is 11.1. The highest BCUT2D eigenvalue weighted by atomic mass is 16.4. The summed E-state index contributed by atoms with van der Waals surface area (Å²) in [6.45, 7) is 5.96. The molecule has 4 heteroatoms. The molecule has 1 aromatic rings. The number of hydrogen-bond donors (Lipinski definition) is 2. The number of carbonyl (C=O) groups is 1. The molecule has 1 aliphatic heterocycles. The van der Waals surface area contributed by atoms with Crippen LogP contribution in [0.3, 0.4) is 0 Å². The van der Waals surface area contributed by atoms with Crippen molar-refractivity contribution in [3.05, 3.63) is 35.4 Å². The molecule has 1 aromatic carbocycles. The van der Waals surface area contributed by atoms with Crippen molar-refractivity contribution in [1.82, 2.24) is 10.2 Å². The van der Waals surface area contributed by atoms with Crippen LogP contribution in [-0.2, 0) is 11.2 Å². The molecule has 1 saturated heterocycles. The maximum atomic E-state index is 11.1. The summed E-state index contributed by atoms with van der Waals surface area (Å²) >= 11 is 0. The van der Waals surface area contributed by atoms with E-state index in [4.69, 9.17) is 5.11 Å². The molecule has 1 fully saturated rings. The van der Waals surface area contributed by atoms with E-state index < -0.39 is 5.97 Å². The normalized spacial score (nSPS) is 18.4. The SMILES string of the molecule is Cc1ccc(CC(CC(=O)O)N2CCCNCC2)cc1. The van der Waals surface area contributed by atoms with Crippen molar-refractivity contribution < 1.29 is 9.90 Å². The van der Waals surface area contributed by atoms with Gasteiger partial charge in [0.25, 0.3) is 0 Å². The minimum Gasteiger partial charge on any atom is -0.481 e. The molecule has 2 rings (SSSR count). The number of nitrogens with zero attached hydrogens (tertiary/aromatic N) is 1. The van der Waals surface area contributed by atoms with Gasteiger partial charge in [-0.05, 0) is 38.4 Å². The van der Waals surface area contributed by atoms with E-state index in [9.17, 15) is 4.79 Å². The summed E-state index contributed by atoms with van der Waals surface area (Å²) < 4.78 is 0. The Balaban J connectivity index is 2.05. The van der Waals surface area contributed by atoms with Gasteiger partial charge < -0.3 is 10.4 Å². The Morgan fingerprint density at radius 1 is 1.30 bits per heavy atom. The third-order valence-corrected chi connectivity index (χ3v) is 3.89. The van der Waals surface area contributed by atoms with Crippen molar-refractivity contribution in [2.24, 2.45) is 0 Å². The quantitative estimate of drug-likeness (QED) is 0.859. The van der Waals surface area contributed by atoms with Crippen molar-refractivity contribution in [1.29, 1.82) is 0 Å². The summed E-state index contributed by atoms with van der Waals surface area (Å²) in [5, 5.41) is 12.5. The lowest BCUT2D eigenvalue weighted by atomic mass is 10.0. The molecule has 1 unspecified atom stereocenters. The predicted octanol–water partition coefficient (Wildman–Crippen LogP) is 1.68. The zero-order chi connectivity index (χ0) is 14.4. The summed E-state index contributed by atoms with van der Waals surface area (Å²) in [7, 11) is 0. The number of benzene rings is 1. The van der Waals surface area contributed by atoms with Gasteiger partial charge in [0.15, 0.2) is 0 Å². The van der Waals surface area contributed by atoms with Crippen LogP contribution < -0.4 is 5.32 Å². The van der Waals surface area contributed by atoms with Crippen LogP contribution in [0.15, 0.2) is 24.3 Å². The summed E-state index contributed by atoms with van der Waals surface area (Å²) in [6.07, 6.45) is 2.12. The van der Waals surface area contributed by atoms with Crippen molar-refractivity contribution >= 4 is 5.97 Å². The van der Waals surface area contributed by atoms with Crippen LogP contribution in [-0.4, -0.2) is 48.2 Å². The van der Waals surface area contributed by atoms with Crippen LogP contribution in [0.25, 0.3) is 0 Å². The van der Waals surface area contributed by atoms with Crippen molar-refractivity contribution in [3.8, 4) is 0 Å². The summed E-state index contributed by atoms with van der Waals surface area (Å²) in [4.78, 5) is 13.5.